The molecule has 0 bridgehead atoms. The molecule has 0 aromatic heterocycles. The van der Waals surface area contributed by atoms with Crippen LogP contribution in [0.25, 0.3) is 0 Å². The lowest BCUT2D eigenvalue weighted by Gasteiger charge is -2.54. The fourth-order valence-electron chi connectivity index (χ4n) is 6.26. The van der Waals surface area contributed by atoms with Crippen molar-refractivity contribution in [1.29, 1.82) is 0 Å². The SMILES string of the molecule is CCC1=CC(=O)CCC1(C)C1CC2CCC(O)(C(=O)CO)C2(C)CC1O. The van der Waals surface area contributed by atoms with Gasteiger partial charge in [-0.2, -0.15) is 0 Å². The summed E-state index contributed by atoms with van der Waals surface area (Å²) in [5, 5.41) is 31.4. The van der Waals surface area contributed by atoms with Crippen molar-refractivity contribution in [2.75, 3.05) is 6.61 Å². The summed E-state index contributed by atoms with van der Waals surface area (Å²) in [5.41, 5.74) is -1.36. The van der Waals surface area contributed by atoms with Crippen LogP contribution in [0.15, 0.2) is 11.6 Å². The minimum Gasteiger partial charge on any atom is -0.393 e. The van der Waals surface area contributed by atoms with Gasteiger partial charge in [-0.25, -0.2) is 0 Å². The Morgan fingerprint density at radius 3 is 2.62 bits per heavy atom. The van der Waals surface area contributed by atoms with E-state index >= 15 is 0 Å². The molecule has 0 aromatic carbocycles. The summed E-state index contributed by atoms with van der Waals surface area (Å²) in [6.07, 6.45) is 5.34. The predicted molar refractivity (Wildman–Crippen MR) is 97.3 cm³/mol. The van der Waals surface area contributed by atoms with E-state index in [1.54, 1.807) is 6.08 Å². The monoisotopic (exact) mass is 364 g/mol. The Bertz CT molecular complexity index is 640. The molecule has 0 aliphatic heterocycles. The maximum atomic E-state index is 12.3. The molecule has 6 atom stereocenters. The van der Waals surface area contributed by atoms with Crippen molar-refractivity contribution in [2.45, 2.75) is 77.4 Å². The van der Waals surface area contributed by atoms with Crippen molar-refractivity contribution in [1.82, 2.24) is 0 Å². The van der Waals surface area contributed by atoms with Gasteiger partial charge in [-0.05, 0) is 61.9 Å². The zero-order chi connectivity index (χ0) is 19.3. The maximum absolute atomic E-state index is 12.3. The molecule has 3 aliphatic carbocycles. The topological polar surface area (TPSA) is 94.8 Å². The first-order valence-corrected chi connectivity index (χ1v) is 9.91. The standard InChI is InChI=1S/C21H32O5/c1-4-13-9-15(23)6-7-19(13,2)16-10-14-5-8-21(26,18(25)12-22)20(14,3)11-17(16)24/h9,14,16-17,22,24,26H,4-8,10-12H2,1-3H3. The van der Waals surface area contributed by atoms with Crippen LogP contribution in [0.5, 0.6) is 0 Å². The number of rotatable bonds is 4. The van der Waals surface area contributed by atoms with Crippen LogP contribution in [0.2, 0.25) is 0 Å². The molecule has 3 rings (SSSR count). The Morgan fingerprint density at radius 2 is 2.00 bits per heavy atom. The average Bonchev–Trinajstić information content (AvgIpc) is 2.87. The summed E-state index contributed by atoms with van der Waals surface area (Å²) in [6, 6.07) is 0. The summed E-state index contributed by atoms with van der Waals surface area (Å²) in [5.74, 6) is -0.217. The summed E-state index contributed by atoms with van der Waals surface area (Å²) < 4.78 is 0. The molecule has 2 fully saturated rings. The van der Waals surface area contributed by atoms with Gasteiger partial charge in [-0.1, -0.05) is 26.3 Å². The Labute approximate surface area is 155 Å². The van der Waals surface area contributed by atoms with Crippen LogP contribution in [0.4, 0.5) is 0 Å². The van der Waals surface area contributed by atoms with Gasteiger partial charge in [0.05, 0.1) is 6.10 Å². The molecule has 5 nitrogen and oxygen atoms in total. The Kier molecular flexibility index (Phi) is 4.96. The van der Waals surface area contributed by atoms with Gasteiger partial charge in [-0.15, -0.1) is 0 Å². The normalized spacial score (nSPS) is 46.0. The van der Waals surface area contributed by atoms with Crippen molar-refractivity contribution in [2.24, 2.45) is 22.7 Å². The second kappa shape index (κ2) is 6.54. The van der Waals surface area contributed by atoms with Crippen molar-refractivity contribution < 1.29 is 24.9 Å². The average molecular weight is 364 g/mol. The predicted octanol–water partition coefficient (Wildman–Crippen LogP) is 2.17. The van der Waals surface area contributed by atoms with Crippen LogP contribution in [0, 0.1) is 22.7 Å². The van der Waals surface area contributed by atoms with Crippen molar-refractivity contribution in [3.63, 3.8) is 0 Å². The van der Waals surface area contributed by atoms with Crippen molar-refractivity contribution >= 4 is 11.6 Å². The van der Waals surface area contributed by atoms with Gasteiger partial charge in [0.2, 0.25) is 0 Å². The van der Waals surface area contributed by atoms with Gasteiger partial charge in [0, 0.05) is 11.8 Å². The highest BCUT2D eigenvalue weighted by molar-refractivity contribution is 5.91. The maximum Gasteiger partial charge on any atom is 0.190 e. The van der Waals surface area contributed by atoms with E-state index in [1.807, 2.05) is 6.92 Å². The first-order chi connectivity index (χ1) is 12.1. The smallest absolute Gasteiger partial charge is 0.190 e. The number of Topliss-reactive ketones (excluding diaryl/α,β-unsaturated/α-hetero) is 1. The van der Waals surface area contributed by atoms with Crippen LogP contribution >= 0.6 is 0 Å². The highest BCUT2D eigenvalue weighted by atomic mass is 16.3. The van der Waals surface area contributed by atoms with Gasteiger partial charge in [0.25, 0.3) is 0 Å². The van der Waals surface area contributed by atoms with Crippen LogP contribution in [0.1, 0.15) is 65.7 Å². The molecular formula is C21H32O5. The summed E-state index contributed by atoms with van der Waals surface area (Å²) in [6.45, 7) is 5.43. The second-order valence-electron chi connectivity index (χ2n) is 9.12. The molecule has 0 saturated heterocycles. The van der Waals surface area contributed by atoms with Crippen LogP contribution in [-0.4, -0.2) is 45.2 Å². The molecule has 0 spiro atoms. The lowest BCUT2D eigenvalue weighted by Crippen LogP contribution is -2.58. The number of hydrogen-bond acceptors (Lipinski definition) is 5. The Balaban J connectivity index is 1.92. The number of allylic oxidation sites excluding steroid dienone is 2. The molecule has 0 aromatic rings. The molecule has 146 valence electrons. The lowest BCUT2D eigenvalue weighted by molar-refractivity contribution is -0.167. The highest BCUT2D eigenvalue weighted by Crippen LogP contribution is 2.62. The summed E-state index contributed by atoms with van der Waals surface area (Å²) in [4.78, 5) is 24.1. The van der Waals surface area contributed by atoms with Crippen molar-refractivity contribution in [3.05, 3.63) is 11.6 Å². The molecule has 0 radical (unpaired) electrons. The molecule has 0 amide bonds. The van der Waals surface area contributed by atoms with Crippen molar-refractivity contribution in [3.8, 4) is 0 Å². The van der Waals surface area contributed by atoms with Gasteiger partial charge in [0.15, 0.2) is 11.6 Å². The largest absolute Gasteiger partial charge is 0.393 e. The van der Waals surface area contributed by atoms with E-state index in [2.05, 4.69) is 13.8 Å². The minimum atomic E-state index is -1.55. The Morgan fingerprint density at radius 1 is 1.31 bits per heavy atom. The van der Waals surface area contributed by atoms with Crippen LogP contribution in [0.3, 0.4) is 0 Å². The van der Waals surface area contributed by atoms with Gasteiger partial charge < -0.3 is 15.3 Å². The first kappa shape index (κ1) is 19.7. The molecule has 5 heteroatoms. The fourth-order valence-corrected chi connectivity index (χ4v) is 6.26. The molecule has 0 heterocycles. The van der Waals surface area contributed by atoms with Crippen LogP contribution in [-0.2, 0) is 9.59 Å². The molecule has 3 aliphatic rings. The lowest BCUT2D eigenvalue weighted by atomic mass is 9.52. The number of ketones is 2. The third-order valence-electron chi connectivity index (χ3n) is 8.10. The number of hydrogen-bond donors (Lipinski definition) is 3. The number of carbonyl (C=O) groups is 2. The molecule has 6 unspecified atom stereocenters. The number of fused-ring (bicyclic) bond motifs is 1. The summed E-state index contributed by atoms with van der Waals surface area (Å²) in [7, 11) is 0. The minimum absolute atomic E-state index is 0.0199. The zero-order valence-electron chi connectivity index (χ0n) is 16.1. The fraction of sp³-hybridized carbons (Fsp3) is 0.810. The highest BCUT2D eigenvalue weighted by Gasteiger charge is 2.64. The zero-order valence-corrected chi connectivity index (χ0v) is 16.1. The van der Waals surface area contributed by atoms with E-state index < -0.39 is 29.5 Å². The van der Waals surface area contributed by atoms with Crippen LogP contribution < -0.4 is 0 Å². The van der Waals surface area contributed by atoms with E-state index in [4.69, 9.17) is 0 Å². The number of carbonyl (C=O) groups excluding carboxylic acids is 2. The first-order valence-electron chi connectivity index (χ1n) is 9.91. The van der Waals surface area contributed by atoms with E-state index in [-0.39, 0.29) is 23.0 Å². The molecule has 2 saturated carbocycles. The van der Waals surface area contributed by atoms with E-state index in [0.29, 0.717) is 19.3 Å². The van der Waals surface area contributed by atoms with E-state index in [9.17, 15) is 24.9 Å². The number of aliphatic hydroxyl groups excluding tert-OH is 2. The summed E-state index contributed by atoms with van der Waals surface area (Å²) >= 11 is 0. The van der Waals surface area contributed by atoms with Gasteiger partial charge >= 0.3 is 0 Å². The van der Waals surface area contributed by atoms with Gasteiger partial charge in [0.1, 0.15) is 12.2 Å². The third kappa shape index (κ3) is 2.62. The quantitative estimate of drug-likeness (QED) is 0.711. The second-order valence-corrected chi connectivity index (χ2v) is 9.12. The molecule has 26 heavy (non-hydrogen) atoms. The third-order valence-corrected chi connectivity index (χ3v) is 8.10. The molecular weight excluding hydrogens is 332 g/mol. The van der Waals surface area contributed by atoms with E-state index in [1.165, 1.54) is 0 Å². The van der Waals surface area contributed by atoms with Gasteiger partial charge in [-0.3, -0.25) is 9.59 Å². The molecule has 3 N–H and O–H groups in total. The van der Waals surface area contributed by atoms with E-state index in [0.717, 1.165) is 31.3 Å². The Hall–Kier alpha value is -1.04. The number of aliphatic hydroxyl groups is 3.